The molecule has 0 fully saturated rings. The lowest BCUT2D eigenvalue weighted by molar-refractivity contribution is 0.172. The summed E-state index contributed by atoms with van der Waals surface area (Å²) in [5, 5.41) is 10.6. The Morgan fingerprint density at radius 1 is 1.26 bits per heavy atom. The lowest BCUT2D eigenvalue weighted by atomic mass is 10.1. The molecule has 0 amide bonds. The molecule has 1 unspecified atom stereocenters. The van der Waals surface area contributed by atoms with Gasteiger partial charge in [0.1, 0.15) is 5.75 Å². The molecule has 1 atom stereocenters. The zero-order chi connectivity index (χ0) is 13.7. The van der Waals surface area contributed by atoms with Gasteiger partial charge in [0.15, 0.2) is 0 Å². The van der Waals surface area contributed by atoms with Crippen molar-refractivity contribution in [2.45, 2.75) is 19.4 Å². The van der Waals surface area contributed by atoms with Gasteiger partial charge in [-0.05, 0) is 19.1 Å². The molecule has 0 aliphatic rings. The van der Waals surface area contributed by atoms with Gasteiger partial charge in [-0.15, -0.1) is 0 Å². The van der Waals surface area contributed by atoms with E-state index >= 15 is 0 Å². The van der Waals surface area contributed by atoms with Crippen LogP contribution < -0.4 is 4.74 Å². The maximum atomic E-state index is 9.68. The molecule has 1 heterocycles. The number of benzene rings is 1. The van der Waals surface area contributed by atoms with E-state index in [0.717, 1.165) is 23.1 Å². The molecule has 4 nitrogen and oxygen atoms in total. The number of rotatable bonds is 6. The van der Waals surface area contributed by atoms with Gasteiger partial charge in [-0.2, -0.15) is 0 Å². The summed E-state index contributed by atoms with van der Waals surface area (Å²) < 4.78 is 10.8. The molecule has 1 aromatic carbocycles. The third kappa shape index (κ3) is 3.43. The summed E-state index contributed by atoms with van der Waals surface area (Å²) >= 11 is 0. The molecule has 4 heteroatoms. The summed E-state index contributed by atoms with van der Waals surface area (Å²) in [6.07, 6.45) is 0.225. The average molecular weight is 261 g/mol. The van der Waals surface area contributed by atoms with Gasteiger partial charge < -0.3 is 14.6 Å². The van der Waals surface area contributed by atoms with Crippen LogP contribution >= 0.6 is 0 Å². The van der Waals surface area contributed by atoms with Gasteiger partial charge in [0.25, 0.3) is 0 Å². The fourth-order valence-electron chi connectivity index (χ4n) is 1.88. The minimum absolute atomic E-state index is 0.584. The van der Waals surface area contributed by atoms with Gasteiger partial charge in [-0.3, -0.25) is 0 Å². The van der Waals surface area contributed by atoms with Crippen molar-refractivity contribution in [3.05, 3.63) is 36.0 Å². The minimum Gasteiger partial charge on any atom is -0.493 e. The van der Waals surface area contributed by atoms with Gasteiger partial charge in [0.2, 0.25) is 0 Å². The van der Waals surface area contributed by atoms with Crippen LogP contribution in [0.4, 0.5) is 0 Å². The number of pyridine rings is 1. The van der Waals surface area contributed by atoms with Crippen molar-refractivity contribution in [1.29, 1.82) is 0 Å². The summed E-state index contributed by atoms with van der Waals surface area (Å²) in [4.78, 5) is 4.43. The molecule has 1 aromatic heterocycles. The normalized spacial score (nSPS) is 12.6. The monoisotopic (exact) mass is 261 g/mol. The molecule has 0 bridgehead atoms. The Labute approximate surface area is 113 Å². The molecule has 0 radical (unpaired) electrons. The topological polar surface area (TPSA) is 51.6 Å². The molecular formula is C15H19NO3. The van der Waals surface area contributed by atoms with Crippen LogP contribution in [0.3, 0.4) is 0 Å². The number of aliphatic hydroxyl groups is 1. The quantitative estimate of drug-likeness (QED) is 0.812. The highest BCUT2D eigenvalue weighted by Gasteiger charge is 2.09. The number of methoxy groups -OCH3 is 1. The van der Waals surface area contributed by atoms with Crippen molar-refractivity contribution in [2.75, 3.05) is 20.3 Å². The fourth-order valence-corrected chi connectivity index (χ4v) is 1.88. The number of aliphatic hydroxyl groups excluding tert-OH is 1. The van der Waals surface area contributed by atoms with Gasteiger partial charge in [0.05, 0.1) is 23.9 Å². The van der Waals surface area contributed by atoms with Crippen molar-refractivity contribution in [1.82, 2.24) is 4.98 Å². The van der Waals surface area contributed by atoms with Crippen molar-refractivity contribution in [3.63, 3.8) is 0 Å². The fraction of sp³-hybridized carbons (Fsp3) is 0.400. The summed E-state index contributed by atoms with van der Waals surface area (Å²) in [5.41, 5.74) is 1.46. The van der Waals surface area contributed by atoms with E-state index in [-0.39, 0.29) is 0 Å². The van der Waals surface area contributed by atoms with Crippen LogP contribution in [0.2, 0.25) is 0 Å². The van der Waals surface area contributed by atoms with Crippen LogP contribution in [0.5, 0.6) is 5.75 Å². The Morgan fingerprint density at radius 2 is 2.05 bits per heavy atom. The van der Waals surface area contributed by atoms with Crippen LogP contribution in [0.1, 0.15) is 25.1 Å². The molecule has 0 aliphatic heterocycles. The smallest absolute Gasteiger partial charge is 0.130 e. The lowest BCUT2D eigenvalue weighted by Crippen LogP contribution is -2.04. The zero-order valence-corrected chi connectivity index (χ0v) is 11.3. The van der Waals surface area contributed by atoms with E-state index in [1.54, 1.807) is 20.1 Å². The number of fused-ring (bicyclic) bond motifs is 1. The Bertz CT molecular complexity index is 540. The number of nitrogens with zero attached hydrogens (tertiary/aromatic N) is 1. The summed E-state index contributed by atoms with van der Waals surface area (Å²) in [7, 11) is 1.67. The average Bonchev–Trinajstić information content (AvgIpc) is 2.43. The number of para-hydroxylation sites is 1. The van der Waals surface area contributed by atoms with E-state index < -0.39 is 6.10 Å². The predicted octanol–water partition coefficient (Wildman–Crippen LogP) is 2.70. The third-order valence-electron chi connectivity index (χ3n) is 2.88. The highest BCUT2D eigenvalue weighted by atomic mass is 16.5. The standard InChI is InChI=1S/C15H19NO3/c1-11(17)14-10-15(19-9-5-8-18-2)12-6-3-4-7-13(12)16-14/h3-4,6-7,10-11,17H,5,8-9H2,1-2H3. The molecule has 2 aromatic rings. The highest BCUT2D eigenvalue weighted by molar-refractivity contribution is 5.85. The van der Waals surface area contributed by atoms with E-state index in [1.807, 2.05) is 24.3 Å². The number of hydrogen-bond acceptors (Lipinski definition) is 4. The maximum Gasteiger partial charge on any atom is 0.130 e. The first-order chi connectivity index (χ1) is 9.22. The predicted molar refractivity (Wildman–Crippen MR) is 74.4 cm³/mol. The lowest BCUT2D eigenvalue weighted by Gasteiger charge is -2.12. The highest BCUT2D eigenvalue weighted by Crippen LogP contribution is 2.27. The number of ether oxygens (including phenoxy) is 2. The van der Waals surface area contributed by atoms with Gasteiger partial charge in [0, 0.05) is 31.6 Å². The van der Waals surface area contributed by atoms with Crippen LogP contribution in [-0.4, -0.2) is 30.4 Å². The minimum atomic E-state index is -0.606. The Morgan fingerprint density at radius 3 is 2.79 bits per heavy atom. The molecule has 0 aliphatic carbocycles. The second kappa shape index (κ2) is 6.50. The summed E-state index contributed by atoms with van der Waals surface area (Å²) in [5.74, 6) is 0.762. The van der Waals surface area contributed by atoms with Crippen molar-refractivity contribution in [2.24, 2.45) is 0 Å². The number of hydrogen-bond donors (Lipinski definition) is 1. The SMILES string of the molecule is COCCCOc1cc(C(C)O)nc2ccccc12. The summed E-state index contributed by atoms with van der Waals surface area (Å²) in [6.45, 7) is 2.96. The van der Waals surface area contributed by atoms with Crippen LogP contribution in [-0.2, 0) is 4.74 Å². The first kappa shape index (κ1) is 13.8. The largest absolute Gasteiger partial charge is 0.493 e. The third-order valence-corrected chi connectivity index (χ3v) is 2.88. The second-order valence-corrected chi connectivity index (χ2v) is 4.43. The van der Waals surface area contributed by atoms with E-state index in [2.05, 4.69) is 4.98 Å². The molecule has 0 spiro atoms. The molecule has 102 valence electrons. The second-order valence-electron chi connectivity index (χ2n) is 4.43. The van der Waals surface area contributed by atoms with E-state index in [0.29, 0.717) is 18.9 Å². The molecule has 0 saturated heterocycles. The van der Waals surface area contributed by atoms with Crippen molar-refractivity contribution < 1.29 is 14.6 Å². The zero-order valence-electron chi connectivity index (χ0n) is 11.3. The summed E-state index contributed by atoms with van der Waals surface area (Å²) in [6, 6.07) is 9.58. The van der Waals surface area contributed by atoms with E-state index in [1.165, 1.54) is 0 Å². The van der Waals surface area contributed by atoms with Crippen molar-refractivity contribution >= 4 is 10.9 Å². The van der Waals surface area contributed by atoms with Crippen molar-refractivity contribution in [3.8, 4) is 5.75 Å². The first-order valence-electron chi connectivity index (χ1n) is 6.42. The molecule has 1 N–H and O–H groups in total. The van der Waals surface area contributed by atoms with E-state index in [4.69, 9.17) is 9.47 Å². The number of aromatic nitrogens is 1. The maximum absolute atomic E-state index is 9.68. The Balaban J connectivity index is 2.28. The van der Waals surface area contributed by atoms with Crippen LogP contribution in [0, 0.1) is 0 Å². The molecule has 0 saturated carbocycles. The van der Waals surface area contributed by atoms with E-state index in [9.17, 15) is 5.11 Å². The van der Waals surface area contributed by atoms with Gasteiger partial charge in [-0.1, -0.05) is 12.1 Å². The van der Waals surface area contributed by atoms with Crippen LogP contribution in [0.25, 0.3) is 10.9 Å². The Hall–Kier alpha value is -1.65. The van der Waals surface area contributed by atoms with Gasteiger partial charge in [-0.25, -0.2) is 4.98 Å². The van der Waals surface area contributed by atoms with Crippen LogP contribution in [0.15, 0.2) is 30.3 Å². The Kier molecular flexibility index (Phi) is 4.71. The van der Waals surface area contributed by atoms with Gasteiger partial charge >= 0.3 is 0 Å². The first-order valence-corrected chi connectivity index (χ1v) is 6.42. The molecule has 19 heavy (non-hydrogen) atoms. The molecular weight excluding hydrogens is 242 g/mol. The molecule has 2 rings (SSSR count).